The molecule has 2 amide bonds. The molecule has 0 atom stereocenters. The van der Waals surface area contributed by atoms with E-state index >= 15 is 0 Å². The van der Waals surface area contributed by atoms with Gasteiger partial charge in [0.15, 0.2) is 0 Å². The van der Waals surface area contributed by atoms with Crippen LogP contribution in [0, 0.1) is 0 Å². The van der Waals surface area contributed by atoms with Gasteiger partial charge < -0.3 is 10.6 Å². The molecule has 0 aromatic heterocycles. The monoisotopic (exact) mass is 442 g/mol. The normalized spacial score (nSPS) is 17.4. The first-order valence-corrected chi connectivity index (χ1v) is 11.9. The highest BCUT2D eigenvalue weighted by molar-refractivity contribution is 7.89. The van der Waals surface area contributed by atoms with Crippen LogP contribution in [0.3, 0.4) is 0 Å². The van der Waals surface area contributed by atoms with Gasteiger partial charge in [0.25, 0.3) is 0 Å². The van der Waals surface area contributed by atoms with Crippen molar-refractivity contribution in [2.24, 2.45) is 0 Å². The van der Waals surface area contributed by atoms with Gasteiger partial charge in [-0.15, -0.1) is 0 Å². The smallest absolute Gasteiger partial charge is 0.246 e. The molecule has 8 nitrogen and oxygen atoms in total. The second-order valence-corrected chi connectivity index (χ2v) is 9.68. The number of hydrogen-bond acceptors (Lipinski definition) is 5. The van der Waals surface area contributed by atoms with E-state index in [4.69, 9.17) is 0 Å². The van der Waals surface area contributed by atoms with Gasteiger partial charge in [0.2, 0.25) is 21.8 Å². The first-order valence-electron chi connectivity index (χ1n) is 10.5. The number of anilines is 3. The van der Waals surface area contributed by atoms with E-state index in [0.29, 0.717) is 30.2 Å². The SMILES string of the molecule is O=C1CN(C(=O)CNc2cccc(S(=O)(=O)N3CCCCCC3)c2)c2ccccc2N1. The molecule has 0 saturated carbocycles. The van der Waals surface area contributed by atoms with Crippen molar-refractivity contribution in [1.29, 1.82) is 0 Å². The molecular weight excluding hydrogens is 416 g/mol. The van der Waals surface area contributed by atoms with Crippen molar-refractivity contribution >= 4 is 38.9 Å². The summed E-state index contributed by atoms with van der Waals surface area (Å²) in [5.41, 5.74) is 1.78. The number of sulfonamides is 1. The molecule has 2 aromatic carbocycles. The van der Waals surface area contributed by atoms with E-state index in [1.54, 1.807) is 52.8 Å². The quantitative estimate of drug-likeness (QED) is 0.742. The second-order valence-electron chi connectivity index (χ2n) is 7.74. The zero-order valence-corrected chi connectivity index (χ0v) is 18.0. The first kappa shape index (κ1) is 21.3. The molecular formula is C22H26N4O4S. The third-order valence-corrected chi connectivity index (χ3v) is 7.45. The van der Waals surface area contributed by atoms with Gasteiger partial charge in [-0.2, -0.15) is 4.31 Å². The number of carbonyl (C=O) groups excluding carboxylic acids is 2. The molecule has 2 aromatic rings. The summed E-state index contributed by atoms with van der Waals surface area (Å²) in [6, 6.07) is 13.7. The van der Waals surface area contributed by atoms with Crippen LogP contribution in [-0.2, 0) is 19.6 Å². The lowest BCUT2D eigenvalue weighted by atomic mass is 10.2. The number of nitrogens with zero attached hydrogens (tertiary/aromatic N) is 2. The average Bonchev–Trinajstić information content (AvgIpc) is 3.07. The summed E-state index contributed by atoms with van der Waals surface area (Å²) in [5.74, 6) is -0.527. The molecule has 0 unspecified atom stereocenters. The molecule has 0 spiro atoms. The molecule has 0 radical (unpaired) electrons. The van der Waals surface area contributed by atoms with Crippen molar-refractivity contribution in [3.8, 4) is 0 Å². The fourth-order valence-corrected chi connectivity index (χ4v) is 5.49. The van der Waals surface area contributed by atoms with Crippen molar-refractivity contribution in [2.45, 2.75) is 30.6 Å². The van der Waals surface area contributed by atoms with Crippen LogP contribution >= 0.6 is 0 Å². The topological polar surface area (TPSA) is 98.8 Å². The van der Waals surface area contributed by atoms with Crippen LogP contribution in [0.15, 0.2) is 53.4 Å². The average molecular weight is 443 g/mol. The van der Waals surface area contributed by atoms with Crippen LogP contribution in [0.25, 0.3) is 0 Å². The second kappa shape index (κ2) is 9.07. The Morgan fingerprint density at radius 2 is 1.74 bits per heavy atom. The predicted molar refractivity (Wildman–Crippen MR) is 120 cm³/mol. The van der Waals surface area contributed by atoms with E-state index in [1.807, 2.05) is 0 Å². The van der Waals surface area contributed by atoms with Gasteiger partial charge in [0.1, 0.15) is 6.54 Å². The van der Waals surface area contributed by atoms with E-state index in [1.165, 1.54) is 4.90 Å². The predicted octanol–water partition coefficient (Wildman–Crippen LogP) is 2.65. The Bertz CT molecular complexity index is 1080. The maximum atomic E-state index is 13.0. The Morgan fingerprint density at radius 1 is 1.00 bits per heavy atom. The van der Waals surface area contributed by atoms with Crippen molar-refractivity contribution in [3.05, 3.63) is 48.5 Å². The Balaban J connectivity index is 1.46. The van der Waals surface area contributed by atoms with Gasteiger partial charge in [-0.3, -0.25) is 14.5 Å². The highest BCUT2D eigenvalue weighted by Crippen LogP contribution is 2.29. The molecule has 1 fully saturated rings. The third-order valence-electron chi connectivity index (χ3n) is 5.55. The summed E-state index contributed by atoms with van der Waals surface area (Å²) < 4.78 is 27.6. The summed E-state index contributed by atoms with van der Waals surface area (Å²) in [5, 5.41) is 5.76. The van der Waals surface area contributed by atoms with Crippen LogP contribution in [0.2, 0.25) is 0 Å². The van der Waals surface area contributed by atoms with Crippen molar-refractivity contribution in [2.75, 3.05) is 41.7 Å². The molecule has 4 rings (SSSR count). The minimum atomic E-state index is -3.57. The number of carbonyl (C=O) groups is 2. The molecule has 0 bridgehead atoms. The molecule has 0 aliphatic carbocycles. The van der Waals surface area contributed by atoms with Gasteiger partial charge in [-0.05, 0) is 43.2 Å². The molecule has 2 aliphatic rings. The van der Waals surface area contributed by atoms with Gasteiger partial charge >= 0.3 is 0 Å². The Morgan fingerprint density at radius 3 is 2.52 bits per heavy atom. The van der Waals surface area contributed by atoms with Gasteiger partial charge in [0.05, 0.1) is 22.8 Å². The molecule has 1 saturated heterocycles. The fourth-order valence-electron chi connectivity index (χ4n) is 3.93. The highest BCUT2D eigenvalue weighted by atomic mass is 32.2. The van der Waals surface area contributed by atoms with Crippen LogP contribution in [-0.4, -0.2) is 50.7 Å². The number of amides is 2. The van der Waals surface area contributed by atoms with E-state index < -0.39 is 10.0 Å². The van der Waals surface area contributed by atoms with Crippen LogP contribution < -0.4 is 15.5 Å². The summed E-state index contributed by atoms with van der Waals surface area (Å²) in [7, 11) is -3.57. The maximum absolute atomic E-state index is 13.0. The minimum absolute atomic E-state index is 0.0547. The number of nitrogens with one attached hydrogen (secondary N) is 2. The number of para-hydroxylation sites is 2. The Hall–Kier alpha value is -2.91. The van der Waals surface area contributed by atoms with E-state index in [9.17, 15) is 18.0 Å². The van der Waals surface area contributed by atoms with Crippen molar-refractivity contribution in [1.82, 2.24) is 4.31 Å². The number of hydrogen-bond donors (Lipinski definition) is 2. The molecule has 2 heterocycles. The number of rotatable bonds is 5. The Labute approximate surface area is 182 Å². The first-order chi connectivity index (χ1) is 14.9. The van der Waals surface area contributed by atoms with Crippen LogP contribution in [0.4, 0.5) is 17.1 Å². The Kier molecular flexibility index (Phi) is 6.24. The standard InChI is InChI=1S/C22H26N4O4S/c27-21-16-26(20-11-4-3-10-19(20)24-21)22(28)15-23-17-8-7-9-18(14-17)31(29,30)25-12-5-1-2-6-13-25/h3-4,7-11,14,23H,1-2,5-6,12-13,15-16H2,(H,24,27). The van der Waals surface area contributed by atoms with Crippen molar-refractivity contribution < 1.29 is 18.0 Å². The largest absolute Gasteiger partial charge is 0.376 e. The highest BCUT2D eigenvalue weighted by Gasteiger charge is 2.27. The minimum Gasteiger partial charge on any atom is -0.376 e. The number of fused-ring (bicyclic) bond motifs is 1. The summed E-state index contributed by atoms with van der Waals surface area (Å²) in [4.78, 5) is 26.4. The fraction of sp³-hybridized carbons (Fsp3) is 0.364. The van der Waals surface area contributed by atoms with Gasteiger partial charge in [0, 0.05) is 18.8 Å². The van der Waals surface area contributed by atoms with Gasteiger partial charge in [-0.1, -0.05) is 31.0 Å². The summed E-state index contributed by atoms with van der Waals surface area (Å²) in [6.07, 6.45) is 3.84. The maximum Gasteiger partial charge on any atom is 0.246 e. The summed E-state index contributed by atoms with van der Waals surface area (Å²) in [6.45, 7) is 0.958. The molecule has 9 heteroatoms. The van der Waals surface area contributed by atoms with E-state index in [0.717, 1.165) is 25.7 Å². The molecule has 31 heavy (non-hydrogen) atoms. The van der Waals surface area contributed by atoms with Gasteiger partial charge in [-0.25, -0.2) is 8.42 Å². The van der Waals surface area contributed by atoms with E-state index in [2.05, 4.69) is 10.6 Å². The van der Waals surface area contributed by atoms with Crippen LogP contribution in [0.5, 0.6) is 0 Å². The molecule has 2 aliphatic heterocycles. The third kappa shape index (κ3) is 4.72. The lowest BCUT2D eigenvalue weighted by Crippen LogP contribution is -2.44. The molecule has 2 N–H and O–H groups in total. The van der Waals surface area contributed by atoms with E-state index in [-0.39, 0.29) is 29.8 Å². The summed E-state index contributed by atoms with van der Waals surface area (Å²) >= 11 is 0. The number of benzene rings is 2. The van der Waals surface area contributed by atoms with Crippen molar-refractivity contribution in [3.63, 3.8) is 0 Å². The molecule has 164 valence electrons. The lowest BCUT2D eigenvalue weighted by molar-refractivity contribution is -0.120. The van der Waals surface area contributed by atoms with Crippen LogP contribution in [0.1, 0.15) is 25.7 Å². The zero-order chi connectivity index (χ0) is 21.8. The zero-order valence-electron chi connectivity index (χ0n) is 17.2. The lowest BCUT2D eigenvalue weighted by Gasteiger charge is -2.29.